The van der Waals surface area contributed by atoms with Crippen molar-refractivity contribution >= 4 is 17.3 Å². The standard InChI is InChI=1S/C13H20ClNO2/c1-4-17-8-7-15(3)13-6-5-11(10(2)16)9-12(13)14/h5-6,9-10,16H,4,7-8H2,1-3H3/t10-/m0/s1. The molecular weight excluding hydrogens is 238 g/mol. The Kier molecular flexibility index (Phi) is 5.75. The summed E-state index contributed by atoms with van der Waals surface area (Å²) in [6.45, 7) is 5.90. The number of hydrogen-bond acceptors (Lipinski definition) is 3. The smallest absolute Gasteiger partial charge is 0.0762 e. The summed E-state index contributed by atoms with van der Waals surface area (Å²) >= 11 is 6.19. The fraction of sp³-hybridized carbons (Fsp3) is 0.538. The Morgan fingerprint density at radius 1 is 1.47 bits per heavy atom. The van der Waals surface area contributed by atoms with Crippen LogP contribution in [0.1, 0.15) is 25.5 Å². The monoisotopic (exact) mass is 257 g/mol. The SMILES string of the molecule is CCOCCN(C)c1ccc([C@H](C)O)cc1Cl. The molecule has 96 valence electrons. The maximum atomic E-state index is 9.46. The zero-order chi connectivity index (χ0) is 12.8. The topological polar surface area (TPSA) is 32.7 Å². The first-order valence-electron chi connectivity index (χ1n) is 5.82. The fourth-order valence-corrected chi connectivity index (χ4v) is 1.89. The van der Waals surface area contributed by atoms with E-state index in [1.165, 1.54) is 0 Å². The van der Waals surface area contributed by atoms with Crippen LogP contribution >= 0.6 is 11.6 Å². The van der Waals surface area contributed by atoms with Crippen molar-refractivity contribution in [1.82, 2.24) is 0 Å². The van der Waals surface area contributed by atoms with E-state index in [-0.39, 0.29) is 0 Å². The Morgan fingerprint density at radius 3 is 2.71 bits per heavy atom. The molecule has 0 aliphatic rings. The van der Waals surface area contributed by atoms with Gasteiger partial charge in [0.25, 0.3) is 0 Å². The van der Waals surface area contributed by atoms with Crippen molar-refractivity contribution in [3.8, 4) is 0 Å². The normalized spacial score (nSPS) is 12.5. The second-order valence-electron chi connectivity index (χ2n) is 4.01. The number of benzene rings is 1. The van der Waals surface area contributed by atoms with Gasteiger partial charge in [0.2, 0.25) is 0 Å². The molecule has 1 atom stereocenters. The molecule has 1 aromatic rings. The first-order chi connectivity index (χ1) is 8.06. The molecule has 0 heterocycles. The van der Waals surface area contributed by atoms with Gasteiger partial charge in [0.15, 0.2) is 0 Å². The largest absolute Gasteiger partial charge is 0.389 e. The third-order valence-corrected chi connectivity index (χ3v) is 2.94. The first-order valence-corrected chi connectivity index (χ1v) is 6.20. The Bertz CT molecular complexity index is 355. The van der Waals surface area contributed by atoms with E-state index in [9.17, 15) is 5.11 Å². The molecule has 0 radical (unpaired) electrons. The first kappa shape index (κ1) is 14.3. The summed E-state index contributed by atoms with van der Waals surface area (Å²) in [5, 5.41) is 10.1. The Morgan fingerprint density at radius 2 is 2.18 bits per heavy atom. The average Bonchev–Trinajstić information content (AvgIpc) is 2.28. The van der Waals surface area contributed by atoms with Gasteiger partial charge in [0, 0.05) is 20.2 Å². The molecular formula is C13H20ClNO2. The van der Waals surface area contributed by atoms with Gasteiger partial charge in [-0.15, -0.1) is 0 Å². The summed E-state index contributed by atoms with van der Waals surface area (Å²) in [7, 11) is 1.97. The second kappa shape index (κ2) is 6.84. The van der Waals surface area contributed by atoms with E-state index < -0.39 is 6.10 Å². The molecule has 0 spiro atoms. The molecule has 0 amide bonds. The molecule has 17 heavy (non-hydrogen) atoms. The fourth-order valence-electron chi connectivity index (χ4n) is 1.56. The highest BCUT2D eigenvalue weighted by atomic mass is 35.5. The molecule has 0 saturated carbocycles. The molecule has 1 N–H and O–H groups in total. The molecule has 4 heteroatoms. The third kappa shape index (κ3) is 4.19. The van der Waals surface area contributed by atoms with Crippen LogP contribution in [0.3, 0.4) is 0 Å². The highest BCUT2D eigenvalue weighted by Crippen LogP contribution is 2.28. The number of ether oxygens (including phenoxy) is 1. The van der Waals surface area contributed by atoms with Gasteiger partial charge in [-0.3, -0.25) is 0 Å². The van der Waals surface area contributed by atoms with Gasteiger partial charge in [-0.25, -0.2) is 0 Å². The summed E-state index contributed by atoms with van der Waals surface area (Å²) in [5.74, 6) is 0. The van der Waals surface area contributed by atoms with Gasteiger partial charge in [0.1, 0.15) is 0 Å². The highest BCUT2D eigenvalue weighted by molar-refractivity contribution is 6.33. The molecule has 0 aliphatic carbocycles. The second-order valence-corrected chi connectivity index (χ2v) is 4.41. The third-order valence-electron chi connectivity index (χ3n) is 2.64. The predicted octanol–water partition coefficient (Wildman–Crippen LogP) is 2.87. The van der Waals surface area contributed by atoms with E-state index in [0.29, 0.717) is 11.6 Å². The van der Waals surface area contributed by atoms with Crippen LogP contribution in [0.2, 0.25) is 5.02 Å². The minimum atomic E-state index is -0.490. The minimum Gasteiger partial charge on any atom is -0.389 e. The number of likely N-dealkylation sites (N-methyl/N-ethyl adjacent to an activating group) is 1. The molecule has 0 fully saturated rings. The van der Waals surface area contributed by atoms with Crippen LogP contribution < -0.4 is 4.90 Å². The van der Waals surface area contributed by atoms with E-state index in [2.05, 4.69) is 0 Å². The number of anilines is 1. The average molecular weight is 258 g/mol. The van der Waals surface area contributed by atoms with Crippen molar-refractivity contribution in [2.75, 3.05) is 31.7 Å². The summed E-state index contributed by atoms with van der Waals surface area (Å²) in [6.07, 6.45) is -0.490. The van der Waals surface area contributed by atoms with Crippen LogP contribution in [0.25, 0.3) is 0 Å². The Labute approximate surface area is 108 Å². The predicted molar refractivity (Wildman–Crippen MR) is 71.8 cm³/mol. The van der Waals surface area contributed by atoms with Crippen molar-refractivity contribution in [3.05, 3.63) is 28.8 Å². The molecule has 3 nitrogen and oxygen atoms in total. The maximum Gasteiger partial charge on any atom is 0.0762 e. The summed E-state index contributed by atoms with van der Waals surface area (Å²) in [6, 6.07) is 5.62. The summed E-state index contributed by atoms with van der Waals surface area (Å²) in [5.41, 5.74) is 1.78. The summed E-state index contributed by atoms with van der Waals surface area (Å²) < 4.78 is 5.30. The molecule has 1 aromatic carbocycles. The van der Waals surface area contributed by atoms with Crippen molar-refractivity contribution in [1.29, 1.82) is 0 Å². The number of aliphatic hydroxyl groups excluding tert-OH is 1. The van der Waals surface area contributed by atoms with E-state index in [4.69, 9.17) is 16.3 Å². The maximum absolute atomic E-state index is 9.46. The van der Waals surface area contributed by atoms with Crippen LogP contribution in [0.15, 0.2) is 18.2 Å². The Hall–Kier alpha value is -0.770. The number of rotatable bonds is 6. The van der Waals surface area contributed by atoms with Crippen molar-refractivity contribution < 1.29 is 9.84 Å². The van der Waals surface area contributed by atoms with E-state index in [1.807, 2.05) is 31.0 Å². The van der Waals surface area contributed by atoms with E-state index in [1.54, 1.807) is 13.0 Å². The van der Waals surface area contributed by atoms with Gasteiger partial charge >= 0.3 is 0 Å². The lowest BCUT2D eigenvalue weighted by molar-refractivity contribution is 0.154. The summed E-state index contributed by atoms with van der Waals surface area (Å²) in [4.78, 5) is 2.05. The number of aliphatic hydroxyl groups is 1. The molecule has 0 unspecified atom stereocenters. The van der Waals surface area contributed by atoms with Crippen molar-refractivity contribution in [3.63, 3.8) is 0 Å². The molecule has 0 aromatic heterocycles. The van der Waals surface area contributed by atoms with Gasteiger partial charge in [-0.1, -0.05) is 17.7 Å². The number of hydrogen-bond donors (Lipinski definition) is 1. The molecule has 0 saturated heterocycles. The van der Waals surface area contributed by atoms with Gasteiger partial charge in [0.05, 0.1) is 23.4 Å². The van der Waals surface area contributed by atoms with Gasteiger partial charge in [-0.2, -0.15) is 0 Å². The zero-order valence-corrected chi connectivity index (χ0v) is 11.4. The number of nitrogens with zero attached hydrogens (tertiary/aromatic N) is 1. The van der Waals surface area contributed by atoms with Crippen molar-refractivity contribution in [2.24, 2.45) is 0 Å². The van der Waals surface area contributed by atoms with Gasteiger partial charge in [-0.05, 0) is 31.5 Å². The van der Waals surface area contributed by atoms with Gasteiger partial charge < -0.3 is 14.7 Å². The quantitative estimate of drug-likeness (QED) is 0.796. The lowest BCUT2D eigenvalue weighted by atomic mass is 10.1. The lowest BCUT2D eigenvalue weighted by Gasteiger charge is -2.21. The minimum absolute atomic E-state index is 0.490. The van der Waals surface area contributed by atoms with Crippen LogP contribution in [0.5, 0.6) is 0 Å². The number of halogens is 1. The van der Waals surface area contributed by atoms with Crippen molar-refractivity contribution in [2.45, 2.75) is 20.0 Å². The van der Waals surface area contributed by atoms with Crippen LogP contribution in [0.4, 0.5) is 5.69 Å². The molecule has 1 rings (SSSR count). The molecule has 0 aliphatic heterocycles. The Balaban J connectivity index is 2.70. The van der Waals surface area contributed by atoms with Crippen LogP contribution in [-0.2, 0) is 4.74 Å². The van der Waals surface area contributed by atoms with Crippen LogP contribution in [-0.4, -0.2) is 31.9 Å². The van der Waals surface area contributed by atoms with E-state index >= 15 is 0 Å². The van der Waals surface area contributed by atoms with Crippen LogP contribution in [0, 0.1) is 0 Å². The zero-order valence-electron chi connectivity index (χ0n) is 10.6. The lowest BCUT2D eigenvalue weighted by Crippen LogP contribution is -2.22. The molecule has 0 bridgehead atoms. The van der Waals surface area contributed by atoms with E-state index in [0.717, 1.165) is 24.4 Å². The highest BCUT2D eigenvalue weighted by Gasteiger charge is 2.08.